The van der Waals surface area contributed by atoms with Gasteiger partial charge in [-0.15, -0.1) is 11.3 Å². The van der Waals surface area contributed by atoms with Crippen LogP contribution in [0, 0.1) is 5.92 Å². The van der Waals surface area contributed by atoms with E-state index in [1.807, 2.05) is 43.0 Å². The summed E-state index contributed by atoms with van der Waals surface area (Å²) in [6.45, 7) is 5.39. The second-order valence-corrected chi connectivity index (χ2v) is 8.68. The minimum absolute atomic E-state index is 0.0729. The zero-order chi connectivity index (χ0) is 17.8. The first-order valence-electron chi connectivity index (χ1n) is 8.56. The van der Waals surface area contributed by atoms with Crippen molar-refractivity contribution >= 4 is 45.2 Å². The molecule has 0 bridgehead atoms. The third-order valence-corrected chi connectivity index (χ3v) is 6.54. The molecule has 2 heterocycles. The Morgan fingerprint density at radius 2 is 2.08 bits per heavy atom. The van der Waals surface area contributed by atoms with Crippen LogP contribution in [0.1, 0.15) is 26.7 Å². The maximum absolute atomic E-state index is 12.7. The van der Waals surface area contributed by atoms with Gasteiger partial charge >= 0.3 is 5.97 Å². The van der Waals surface area contributed by atoms with Crippen molar-refractivity contribution in [3.63, 3.8) is 0 Å². The molecular weight excluding hydrogens is 356 g/mol. The smallest absolute Gasteiger partial charge is 0.309 e. The van der Waals surface area contributed by atoms with E-state index in [4.69, 9.17) is 4.74 Å². The van der Waals surface area contributed by atoms with Crippen LogP contribution in [-0.4, -0.2) is 46.7 Å². The van der Waals surface area contributed by atoms with Gasteiger partial charge in [-0.2, -0.15) is 0 Å². The average molecular weight is 379 g/mol. The molecule has 0 spiro atoms. The molecule has 0 N–H and O–H groups in total. The fourth-order valence-electron chi connectivity index (χ4n) is 2.96. The van der Waals surface area contributed by atoms with Crippen LogP contribution in [0.5, 0.6) is 0 Å². The van der Waals surface area contributed by atoms with Gasteiger partial charge in [-0.1, -0.05) is 23.9 Å². The Morgan fingerprint density at radius 1 is 1.36 bits per heavy atom. The number of thiazole rings is 1. The predicted molar refractivity (Wildman–Crippen MR) is 101 cm³/mol. The van der Waals surface area contributed by atoms with Crippen molar-refractivity contribution < 1.29 is 14.3 Å². The SMILES string of the molecule is CCOC(=O)C1CCN(C(=O)[C@H](C)Sc2nc3ccccc3s2)CC1. The summed E-state index contributed by atoms with van der Waals surface area (Å²) in [6.07, 6.45) is 1.37. The second-order valence-electron chi connectivity index (χ2n) is 6.06. The van der Waals surface area contributed by atoms with Gasteiger partial charge in [0, 0.05) is 13.1 Å². The highest BCUT2D eigenvalue weighted by Crippen LogP contribution is 2.33. The van der Waals surface area contributed by atoms with Crippen molar-refractivity contribution in [1.29, 1.82) is 0 Å². The number of amides is 1. The fraction of sp³-hybridized carbons (Fsp3) is 0.500. The molecular formula is C18H22N2O3S2. The molecule has 25 heavy (non-hydrogen) atoms. The molecule has 3 rings (SSSR count). The molecule has 0 unspecified atom stereocenters. The van der Waals surface area contributed by atoms with Crippen molar-refractivity contribution in [2.45, 2.75) is 36.3 Å². The summed E-state index contributed by atoms with van der Waals surface area (Å²) in [5.41, 5.74) is 0.977. The summed E-state index contributed by atoms with van der Waals surface area (Å²) in [5.74, 6) is -0.0886. The third-order valence-electron chi connectivity index (χ3n) is 4.33. The van der Waals surface area contributed by atoms with Gasteiger partial charge in [0.25, 0.3) is 0 Å². The molecule has 1 aromatic carbocycles. The van der Waals surface area contributed by atoms with E-state index >= 15 is 0 Å². The maximum atomic E-state index is 12.7. The molecule has 5 nitrogen and oxygen atoms in total. The van der Waals surface area contributed by atoms with Gasteiger partial charge in [-0.05, 0) is 38.8 Å². The minimum Gasteiger partial charge on any atom is -0.466 e. The van der Waals surface area contributed by atoms with E-state index < -0.39 is 0 Å². The van der Waals surface area contributed by atoms with E-state index in [0.717, 1.165) is 14.6 Å². The molecule has 0 saturated carbocycles. The molecule has 0 aliphatic carbocycles. The highest BCUT2D eigenvalue weighted by atomic mass is 32.2. The van der Waals surface area contributed by atoms with Crippen molar-refractivity contribution in [3.8, 4) is 0 Å². The number of ether oxygens (including phenoxy) is 1. The number of hydrogen-bond donors (Lipinski definition) is 0. The number of piperidine rings is 1. The molecule has 1 fully saturated rings. The average Bonchev–Trinajstić information content (AvgIpc) is 3.03. The van der Waals surface area contributed by atoms with Crippen molar-refractivity contribution in [3.05, 3.63) is 24.3 Å². The van der Waals surface area contributed by atoms with Gasteiger partial charge in [0.2, 0.25) is 5.91 Å². The lowest BCUT2D eigenvalue weighted by Crippen LogP contribution is -2.43. The van der Waals surface area contributed by atoms with Crippen LogP contribution in [0.3, 0.4) is 0 Å². The van der Waals surface area contributed by atoms with E-state index in [-0.39, 0.29) is 23.0 Å². The first kappa shape index (κ1) is 18.2. The molecule has 1 aromatic heterocycles. The van der Waals surface area contributed by atoms with Crippen LogP contribution in [-0.2, 0) is 14.3 Å². The molecule has 1 atom stereocenters. The number of hydrogen-bond acceptors (Lipinski definition) is 6. The van der Waals surface area contributed by atoms with Gasteiger partial charge in [0.15, 0.2) is 4.34 Å². The summed E-state index contributed by atoms with van der Waals surface area (Å²) in [7, 11) is 0. The summed E-state index contributed by atoms with van der Waals surface area (Å²) < 4.78 is 7.14. The number of para-hydroxylation sites is 1. The molecule has 134 valence electrons. The van der Waals surface area contributed by atoms with Crippen LogP contribution in [0.15, 0.2) is 28.6 Å². The monoisotopic (exact) mass is 378 g/mol. The van der Waals surface area contributed by atoms with E-state index in [1.54, 1.807) is 11.3 Å². The lowest BCUT2D eigenvalue weighted by Gasteiger charge is -2.32. The Balaban J connectivity index is 1.55. The summed E-state index contributed by atoms with van der Waals surface area (Å²) in [6, 6.07) is 8.00. The second kappa shape index (κ2) is 8.19. The molecule has 1 amide bonds. The van der Waals surface area contributed by atoms with Crippen molar-refractivity contribution in [1.82, 2.24) is 9.88 Å². The van der Waals surface area contributed by atoms with E-state index in [1.165, 1.54) is 11.8 Å². The molecule has 1 saturated heterocycles. The lowest BCUT2D eigenvalue weighted by atomic mass is 9.97. The topological polar surface area (TPSA) is 59.5 Å². The van der Waals surface area contributed by atoms with E-state index in [0.29, 0.717) is 32.5 Å². The first-order chi connectivity index (χ1) is 12.1. The van der Waals surface area contributed by atoms with Gasteiger partial charge in [0.05, 0.1) is 28.0 Å². The highest BCUT2D eigenvalue weighted by molar-refractivity contribution is 8.02. The summed E-state index contributed by atoms with van der Waals surface area (Å²) >= 11 is 3.13. The number of likely N-dealkylation sites (tertiary alicyclic amines) is 1. The number of benzene rings is 1. The van der Waals surface area contributed by atoms with Crippen molar-refractivity contribution in [2.24, 2.45) is 5.92 Å². The van der Waals surface area contributed by atoms with Gasteiger partial charge in [-0.3, -0.25) is 9.59 Å². The first-order valence-corrected chi connectivity index (χ1v) is 10.3. The third kappa shape index (κ3) is 4.33. The minimum atomic E-state index is -0.181. The number of thioether (sulfide) groups is 1. The highest BCUT2D eigenvalue weighted by Gasteiger charge is 2.30. The molecule has 1 aliphatic heterocycles. The van der Waals surface area contributed by atoms with Crippen molar-refractivity contribution in [2.75, 3.05) is 19.7 Å². The molecule has 2 aromatic rings. The Labute approximate surface area is 155 Å². The molecule has 0 radical (unpaired) electrons. The summed E-state index contributed by atoms with van der Waals surface area (Å²) in [4.78, 5) is 30.9. The Morgan fingerprint density at radius 3 is 2.76 bits per heavy atom. The number of nitrogens with zero attached hydrogens (tertiary/aromatic N) is 2. The zero-order valence-electron chi connectivity index (χ0n) is 14.4. The summed E-state index contributed by atoms with van der Waals surface area (Å²) in [5, 5.41) is -0.181. The maximum Gasteiger partial charge on any atom is 0.309 e. The van der Waals surface area contributed by atoms with Crippen LogP contribution >= 0.6 is 23.1 Å². The number of rotatable bonds is 5. The lowest BCUT2D eigenvalue weighted by molar-refractivity contribution is -0.151. The Kier molecular flexibility index (Phi) is 5.96. The number of fused-ring (bicyclic) bond motifs is 1. The van der Waals surface area contributed by atoms with Gasteiger partial charge in [0.1, 0.15) is 0 Å². The van der Waals surface area contributed by atoms with E-state index in [2.05, 4.69) is 4.98 Å². The van der Waals surface area contributed by atoms with Crippen LogP contribution in [0.2, 0.25) is 0 Å². The number of esters is 1. The number of aromatic nitrogens is 1. The van der Waals surface area contributed by atoms with Gasteiger partial charge < -0.3 is 9.64 Å². The predicted octanol–water partition coefficient (Wildman–Crippen LogP) is 3.58. The standard InChI is InChI=1S/C18H22N2O3S2/c1-3-23-17(22)13-8-10-20(11-9-13)16(21)12(2)24-18-19-14-6-4-5-7-15(14)25-18/h4-7,12-13H,3,8-11H2,1-2H3/t12-/m0/s1. The van der Waals surface area contributed by atoms with Crippen LogP contribution < -0.4 is 0 Å². The number of carbonyl (C=O) groups is 2. The number of carbonyl (C=O) groups excluding carboxylic acids is 2. The molecule has 7 heteroatoms. The normalized spacial score (nSPS) is 16.8. The Hall–Kier alpha value is -1.60. The quantitative estimate of drug-likeness (QED) is 0.588. The largest absolute Gasteiger partial charge is 0.466 e. The fourth-order valence-corrected chi connectivity index (χ4v) is 5.25. The van der Waals surface area contributed by atoms with Crippen LogP contribution in [0.4, 0.5) is 0 Å². The van der Waals surface area contributed by atoms with Crippen LogP contribution in [0.25, 0.3) is 10.2 Å². The zero-order valence-corrected chi connectivity index (χ0v) is 16.1. The van der Waals surface area contributed by atoms with Gasteiger partial charge in [-0.25, -0.2) is 4.98 Å². The Bertz CT molecular complexity index is 721. The van der Waals surface area contributed by atoms with E-state index in [9.17, 15) is 9.59 Å². The molecule has 1 aliphatic rings.